The van der Waals surface area contributed by atoms with Gasteiger partial charge < -0.3 is 0 Å². The summed E-state index contributed by atoms with van der Waals surface area (Å²) in [6.45, 7) is 0. The molecule has 0 amide bonds. The van der Waals surface area contributed by atoms with Crippen molar-refractivity contribution in [1.82, 2.24) is 0 Å². The van der Waals surface area contributed by atoms with Crippen molar-refractivity contribution in [3.05, 3.63) is 35.4 Å². The van der Waals surface area contributed by atoms with E-state index in [1.807, 2.05) is 0 Å². The molecule has 1 aliphatic carbocycles. The van der Waals surface area contributed by atoms with Crippen molar-refractivity contribution >= 4 is 0 Å². The Labute approximate surface area is 74.6 Å². The van der Waals surface area contributed by atoms with Gasteiger partial charge in [-0.15, -0.1) is 0 Å². The van der Waals surface area contributed by atoms with Gasteiger partial charge in [0.25, 0.3) is 0 Å². The maximum Gasteiger partial charge on any atom is -0.0279 e. The highest BCUT2D eigenvalue weighted by Crippen LogP contribution is 2.15. The lowest BCUT2D eigenvalue weighted by molar-refractivity contribution is 0.649. The van der Waals surface area contributed by atoms with E-state index in [1.54, 1.807) is 0 Å². The second-order valence-corrected chi connectivity index (χ2v) is 3.73. The van der Waals surface area contributed by atoms with E-state index >= 15 is 0 Å². The average molecular weight is 160 g/mol. The van der Waals surface area contributed by atoms with Crippen LogP contribution in [-0.2, 0) is 12.8 Å². The first-order valence-corrected chi connectivity index (χ1v) is 5.03. The van der Waals surface area contributed by atoms with Crippen molar-refractivity contribution in [2.45, 2.75) is 38.5 Å². The largest absolute Gasteiger partial charge is 0.0617 e. The van der Waals surface area contributed by atoms with Crippen molar-refractivity contribution in [3.8, 4) is 0 Å². The Kier molecular flexibility index (Phi) is 2.45. The first kappa shape index (κ1) is 7.85. The molecule has 12 heavy (non-hydrogen) atoms. The Morgan fingerprint density at radius 3 is 1.92 bits per heavy atom. The van der Waals surface area contributed by atoms with E-state index < -0.39 is 0 Å². The number of hydrogen-bond donors (Lipinski definition) is 0. The Bertz CT molecular complexity index is 227. The monoisotopic (exact) mass is 160 g/mol. The molecule has 0 N–H and O–H groups in total. The summed E-state index contributed by atoms with van der Waals surface area (Å²) in [5.41, 5.74) is 3.07. The number of rotatable bonds is 0. The molecule has 0 unspecified atom stereocenters. The Morgan fingerprint density at radius 1 is 0.750 bits per heavy atom. The van der Waals surface area contributed by atoms with Gasteiger partial charge in [0, 0.05) is 0 Å². The molecule has 0 atom stereocenters. The number of aryl methyl sites for hydroxylation is 2. The molecule has 2 rings (SSSR count). The van der Waals surface area contributed by atoms with Gasteiger partial charge in [0.2, 0.25) is 0 Å². The lowest BCUT2D eigenvalue weighted by Crippen LogP contribution is -1.85. The first-order chi connectivity index (χ1) is 5.95. The minimum absolute atomic E-state index is 1.29. The second kappa shape index (κ2) is 3.75. The van der Waals surface area contributed by atoms with Crippen molar-refractivity contribution in [3.63, 3.8) is 0 Å². The third kappa shape index (κ3) is 1.88. The van der Waals surface area contributed by atoms with E-state index in [-0.39, 0.29) is 0 Å². The lowest BCUT2D eigenvalue weighted by Gasteiger charge is -2.00. The standard InChI is InChI=1S/C12H16/c1-2-4-7-12-9-5-8-11(10-12)6-3-1/h5,8-10H,1-4,6-7H2. The Hall–Kier alpha value is -0.780. The maximum absolute atomic E-state index is 2.38. The second-order valence-electron chi connectivity index (χ2n) is 3.73. The van der Waals surface area contributed by atoms with E-state index in [9.17, 15) is 0 Å². The van der Waals surface area contributed by atoms with Gasteiger partial charge in [-0.05, 0) is 36.8 Å². The average Bonchev–Trinajstić information content (AvgIpc) is 2.17. The van der Waals surface area contributed by atoms with E-state index in [0.717, 1.165) is 0 Å². The van der Waals surface area contributed by atoms with Crippen LogP contribution in [0.3, 0.4) is 0 Å². The SMILES string of the molecule is c1cc2cc(c1)CCCCCC2. The van der Waals surface area contributed by atoms with Gasteiger partial charge in [-0.25, -0.2) is 0 Å². The fraction of sp³-hybridized carbons (Fsp3) is 0.500. The van der Waals surface area contributed by atoms with Crippen LogP contribution in [0.2, 0.25) is 0 Å². The summed E-state index contributed by atoms with van der Waals surface area (Å²) < 4.78 is 0. The molecule has 2 bridgehead atoms. The van der Waals surface area contributed by atoms with E-state index in [0.29, 0.717) is 0 Å². The summed E-state index contributed by atoms with van der Waals surface area (Å²) in [5, 5.41) is 0. The molecule has 0 aliphatic heterocycles. The smallest absolute Gasteiger partial charge is 0.0279 e. The summed E-state index contributed by atoms with van der Waals surface area (Å²) >= 11 is 0. The zero-order valence-electron chi connectivity index (χ0n) is 7.55. The van der Waals surface area contributed by atoms with Crippen LogP contribution in [0.1, 0.15) is 36.8 Å². The first-order valence-electron chi connectivity index (χ1n) is 5.03. The summed E-state index contributed by atoms with van der Waals surface area (Å²) in [6.07, 6.45) is 8.16. The fourth-order valence-electron chi connectivity index (χ4n) is 1.95. The van der Waals surface area contributed by atoms with Crippen molar-refractivity contribution in [1.29, 1.82) is 0 Å². The van der Waals surface area contributed by atoms with Gasteiger partial charge in [0.15, 0.2) is 0 Å². The Morgan fingerprint density at radius 2 is 1.33 bits per heavy atom. The third-order valence-electron chi connectivity index (χ3n) is 2.67. The fourth-order valence-corrected chi connectivity index (χ4v) is 1.95. The van der Waals surface area contributed by atoms with Crippen molar-refractivity contribution < 1.29 is 0 Å². The van der Waals surface area contributed by atoms with Gasteiger partial charge in [0.1, 0.15) is 0 Å². The van der Waals surface area contributed by atoms with Crippen LogP contribution in [0.25, 0.3) is 0 Å². The quantitative estimate of drug-likeness (QED) is 0.546. The minimum Gasteiger partial charge on any atom is -0.0617 e. The molecule has 0 heterocycles. The van der Waals surface area contributed by atoms with Crippen LogP contribution < -0.4 is 0 Å². The summed E-state index contributed by atoms with van der Waals surface area (Å²) in [4.78, 5) is 0. The highest BCUT2D eigenvalue weighted by molar-refractivity contribution is 5.23. The molecular weight excluding hydrogens is 144 g/mol. The topological polar surface area (TPSA) is 0 Å². The summed E-state index contributed by atoms with van der Waals surface area (Å²) in [5.74, 6) is 0. The van der Waals surface area contributed by atoms with Gasteiger partial charge in [0.05, 0.1) is 0 Å². The predicted octanol–water partition coefficient (Wildman–Crippen LogP) is 3.35. The molecule has 0 nitrogen and oxygen atoms in total. The summed E-state index contributed by atoms with van der Waals surface area (Å²) in [7, 11) is 0. The van der Waals surface area contributed by atoms with E-state index in [2.05, 4.69) is 24.3 Å². The molecule has 1 aliphatic rings. The summed E-state index contributed by atoms with van der Waals surface area (Å²) in [6, 6.07) is 9.10. The van der Waals surface area contributed by atoms with Crippen molar-refractivity contribution in [2.24, 2.45) is 0 Å². The number of benzene rings is 1. The number of hydrogen-bond acceptors (Lipinski definition) is 0. The van der Waals surface area contributed by atoms with Gasteiger partial charge in [-0.1, -0.05) is 37.1 Å². The third-order valence-corrected chi connectivity index (χ3v) is 2.67. The maximum atomic E-state index is 2.38. The molecule has 0 saturated carbocycles. The zero-order chi connectivity index (χ0) is 8.23. The highest BCUT2D eigenvalue weighted by Gasteiger charge is 2.00. The highest BCUT2D eigenvalue weighted by atomic mass is 14.1. The molecule has 0 heteroatoms. The van der Waals surface area contributed by atoms with Gasteiger partial charge in [-0.2, -0.15) is 0 Å². The van der Waals surface area contributed by atoms with E-state index in [4.69, 9.17) is 0 Å². The zero-order valence-corrected chi connectivity index (χ0v) is 7.55. The van der Waals surface area contributed by atoms with Crippen LogP contribution >= 0.6 is 0 Å². The predicted molar refractivity (Wildman–Crippen MR) is 52.3 cm³/mol. The molecule has 0 radical (unpaired) electrons. The number of fused-ring (bicyclic) bond motifs is 2. The molecule has 1 aromatic carbocycles. The Balaban J connectivity index is 2.21. The van der Waals surface area contributed by atoms with Crippen molar-refractivity contribution in [2.75, 3.05) is 0 Å². The van der Waals surface area contributed by atoms with Crippen LogP contribution in [0, 0.1) is 0 Å². The van der Waals surface area contributed by atoms with Gasteiger partial charge in [-0.3, -0.25) is 0 Å². The molecule has 64 valence electrons. The molecule has 0 aromatic heterocycles. The molecular formula is C12H16. The normalized spacial score (nSPS) is 17.7. The van der Waals surface area contributed by atoms with Crippen LogP contribution in [0.4, 0.5) is 0 Å². The van der Waals surface area contributed by atoms with Crippen LogP contribution in [-0.4, -0.2) is 0 Å². The lowest BCUT2D eigenvalue weighted by atomic mass is 10.1. The molecule has 0 fully saturated rings. The molecule has 0 saturated heterocycles. The molecule has 0 spiro atoms. The molecule has 1 aromatic rings. The van der Waals surface area contributed by atoms with Gasteiger partial charge >= 0.3 is 0 Å². The van der Waals surface area contributed by atoms with Crippen LogP contribution in [0.5, 0.6) is 0 Å². The van der Waals surface area contributed by atoms with E-state index in [1.165, 1.54) is 49.7 Å². The van der Waals surface area contributed by atoms with Crippen LogP contribution in [0.15, 0.2) is 24.3 Å². The minimum atomic E-state index is 1.29.